The Morgan fingerprint density at radius 2 is 2.00 bits per heavy atom. The predicted octanol–water partition coefficient (Wildman–Crippen LogP) is 2.54. The quantitative estimate of drug-likeness (QED) is 0.928. The summed E-state index contributed by atoms with van der Waals surface area (Å²) in [6.07, 6.45) is 3.43. The first-order valence-corrected chi connectivity index (χ1v) is 7.19. The molecule has 3 rings (SSSR count). The second-order valence-electron chi connectivity index (χ2n) is 5.98. The van der Waals surface area contributed by atoms with Gasteiger partial charge in [0.15, 0.2) is 0 Å². The van der Waals surface area contributed by atoms with Crippen molar-refractivity contribution >= 4 is 16.7 Å². The molecule has 0 spiro atoms. The number of anilines is 1. The Morgan fingerprint density at radius 3 is 2.65 bits per heavy atom. The molecule has 0 unspecified atom stereocenters. The monoisotopic (exact) mass is 271 g/mol. The maximum Gasteiger partial charge on any atom is 0.139 e. The minimum Gasteiger partial charge on any atom is -0.396 e. The summed E-state index contributed by atoms with van der Waals surface area (Å²) in [5.74, 6) is 1.75. The van der Waals surface area contributed by atoms with Crippen LogP contribution < -0.4 is 4.90 Å². The van der Waals surface area contributed by atoms with Crippen molar-refractivity contribution in [1.82, 2.24) is 9.97 Å². The van der Waals surface area contributed by atoms with Crippen molar-refractivity contribution in [3.05, 3.63) is 30.1 Å². The number of rotatable bonds is 4. The summed E-state index contributed by atoms with van der Waals surface area (Å²) in [6.45, 7) is 3.04. The molecule has 106 valence electrons. The molecule has 20 heavy (non-hydrogen) atoms. The lowest BCUT2D eigenvalue weighted by Crippen LogP contribution is -2.44. The molecule has 0 bridgehead atoms. The molecule has 1 N–H and O–H groups in total. The summed E-state index contributed by atoms with van der Waals surface area (Å²) >= 11 is 0. The first kappa shape index (κ1) is 13.3. The van der Waals surface area contributed by atoms with Crippen LogP contribution in [0.3, 0.4) is 0 Å². The van der Waals surface area contributed by atoms with E-state index in [9.17, 15) is 5.11 Å². The van der Waals surface area contributed by atoms with Gasteiger partial charge in [-0.3, -0.25) is 0 Å². The van der Waals surface area contributed by atoms with Crippen LogP contribution in [0.2, 0.25) is 0 Å². The molecule has 0 radical (unpaired) electrons. The van der Waals surface area contributed by atoms with Crippen molar-refractivity contribution in [2.24, 2.45) is 5.41 Å². The van der Waals surface area contributed by atoms with Crippen LogP contribution in [0, 0.1) is 12.3 Å². The van der Waals surface area contributed by atoms with E-state index >= 15 is 0 Å². The Balaban J connectivity index is 1.96. The molecule has 1 saturated carbocycles. The number of aliphatic hydroxyl groups is 1. The summed E-state index contributed by atoms with van der Waals surface area (Å²) in [5, 5.41) is 10.7. The summed E-state index contributed by atoms with van der Waals surface area (Å²) in [7, 11) is 2.06. The maximum absolute atomic E-state index is 9.64. The van der Waals surface area contributed by atoms with Gasteiger partial charge in [0.05, 0.1) is 12.1 Å². The second kappa shape index (κ2) is 5.02. The molecule has 0 amide bonds. The van der Waals surface area contributed by atoms with E-state index in [0.717, 1.165) is 41.9 Å². The molecular weight excluding hydrogens is 250 g/mol. The van der Waals surface area contributed by atoms with Gasteiger partial charge in [-0.1, -0.05) is 18.6 Å². The third kappa shape index (κ3) is 2.24. The van der Waals surface area contributed by atoms with Gasteiger partial charge >= 0.3 is 0 Å². The lowest BCUT2D eigenvalue weighted by molar-refractivity contribution is 0.0523. The Kier molecular flexibility index (Phi) is 3.34. The van der Waals surface area contributed by atoms with Gasteiger partial charge < -0.3 is 10.0 Å². The van der Waals surface area contributed by atoms with Crippen molar-refractivity contribution in [3.63, 3.8) is 0 Å². The lowest BCUT2D eigenvalue weighted by Gasteiger charge is -2.43. The third-order valence-corrected chi connectivity index (χ3v) is 4.38. The zero-order chi connectivity index (χ0) is 14.2. The van der Waals surface area contributed by atoms with E-state index in [1.807, 2.05) is 25.1 Å². The van der Waals surface area contributed by atoms with E-state index in [1.54, 1.807) is 0 Å². The first-order valence-electron chi connectivity index (χ1n) is 7.19. The number of hydrogen-bond acceptors (Lipinski definition) is 4. The highest BCUT2D eigenvalue weighted by atomic mass is 16.3. The van der Waals surface area contributed by atoms with Gasteiger partial charge in [0.25, 0.3) is 0 Å². The molecule has 1 aliphatic carbocycles. The summed E-state index contributed by atoms with van der Waals surface area (Å²) in [4.78, 5) is 11.3. The first-order chi connectivity index (χ1) is 9.63. The van der Waals surface area contributed by atoms with Crippen LogP contribution in [0.4, 0.5) is 5.82 Å². The molecule has 1 aromatic heterocycles. The highest BCUT2D eigenvalue weighted by Crippen LogP contribution is 2.41. The number of nitrogens with zero attached hydrogens (tertiary/aromatic N) is 3. The zero-order valence-electron chi connectivity index (χ0n) is 12.1. The smallest absolute Gasteiger partial charge is 0.139 e. The number of aromatic nitrogens is 2. The fourth-order valence-electron chi connectivity index (χ4n) is 3.09. The summed E-state index contributed by atoms with van der Waals surface area (Å²) in [6, 6.07) is 8.10. The standard InChI is InChI=1S/C16H21N3O/c1-12-17-14-7-4-3-6-13(14)15(18-12)19(2)10-16(11-20)8-5-9-16/h3-4,6-7,20H,5,8-11H2,1-2H3. The van der Waals surface area contributed by atoms with E-state index in [4.69, 9.17) is 0 Å². The van der Waals surface area contributed by atoms with Crippen molar-refractivity contribution in [2.75, 3.05) is 25.1 Å². The largest absolute Gasteiger partial charge is 0.396 e. The molecule has 4 nitrogen and oxygen atoms in total. The molecule has 2 aromatic rings. The molecule has 0 aliphatic heterocycles. The van der Waals surface area contributed by atoms with Crippen molar-refractivity contribution < 1.29 is 5.11 Å². The fraction of sp³-hybridized carbons (Fsp3) is 0.500. The molecular formula is C16H21N3O. The average molecular weight is 271 g/mol. The van der Waals surface area contributed by atoms with Crippen molar-refractivity contribution in [2.45, 2.75) is 26.2 Å². The van der Waals surface area contributed by atoms with Crippen LogP contribution in [-0.2, 0) is 0 Å². The number of hydrogen-bond donors (Lipinski definition) is 1. The summed E-state index contributed by atoms with van der Waals surface area (Å²) < 4.78 is 0. The molecule has 0 atom stereocenters. The van der Waals surface area contributed by atoms with Gasteiger partial charge in [0.1, 0.15) is 11.6 Å². The second-order valence-corrected chi connectivity index (χ2v) is 5.98. The van der Waals surface area contributed by atoms with E-state index in [0.29, 0.717) is 0 Å². The molecule has 1 heterocycles. The van der Waals surface area contributed by atoms with Crippen LogP contribution in [-0.4, -0.2) is 35.3 Å². The Morgan fingerprint density at radius 1 is 1.25 bits per heavy atom. The molecule has 0 saturated heterocycles. The number of fused-ring (bicyclic) bond motifs is 1. The highest BCUT2D eigenvalue weighted by molar-refractivity contribution is 5.89. The van der Waals surface area contributed by atoms with Gasteiger partial charge in [-0.2, -0.15) is 0 Å². The SMILES string of the molecule is Cc1nc(N(C)CC2(CO)CCC2)c2ccccc2n1. The van der Waals surface area contributed by atoms with Crippen molar-refractivity contribution in [1.29, 1.82) is 0 Å². The van der Waals surface area contributed by atoms with Crippen LogP contribution in [0.15, 0.2) is 24.3 Å². The minimum atomic E-state index is 0.0642. The normalized spacial score (nSPS) is 16.9. The van der Waals surface area contributed by atoms with Crippen LogP contribution >= 0.6 is 0 Å². The number of aryl methyl sites for hydroxylation is 1. The van der Waals surface area contributed by atoms with Gasteiger partial charge in [0.2, 0.25) is 0 Å². The number of aliphatic hydroxyl groups excluding tert-OH is 1. The molecule has 1 fully saturated rings. The Hall–Kier alpha value is -1.68. The van der Waals surface area contributed by atoms with Crippen LogP contribution in [0.5, 0.6) is 0 Å². The lowest BCUT2D eigenvalue weighted by atomic mass is 9.69. The number of benzene rings is 1. The number of para-hydroxylation sites is 1. The minimum absolute atomic E-state index is 0.0642. The average Bonchev–Trinajstić information content (AvgIpc) is 2.41. The van der Waals surface area contributed by atoms with E-state index in [2.05, 4.69) is 28.0 Å². The summed E-state index contributed by atoms with van der Waals surface area (Å²) in [5.41, 5.74) is 1.04. The van der Waals surface area contributed by atoms with Gasteiger partial charge in [0, 0.05) is 24.4 Å². The van der Waals surface area contributed by atoms with E-state index in [1.165, 1.54) is 6.42 Å². The fourth-order valence-corrected chi connectivity index (χ4v) is 3.09. The third-order valence-electron chi connectivity index (χ3n) is 4.38. The molecule has 4 heteroatoms. The maximum atomic E-state index is 9.64. The van der Waals surface area contributed by atoms with E-state index in [-0.39, 0.29) is 12.0 Å². The van der Waals surface area contributed by atoms with Gasteiger partial charge in [-0.25, -0.2) is 9.97 Å². The van der Waals surface area contributed by atoms with Crippen LogP contribution in [0.25, 0.3) is 10.9 Å². The van der Waals surface area contributed by atoms with Crippen LogP contribution in [0.1, 0.15) is 25.1 Å². The van der Waals surface area contributed by atoms with Gasteiger partial charge in [-0.15, -0.1) is 0 Å². The topological polar surface area (TPSA) is 49.2 Å². The Bertz CT molecular complexity index is 617. The Labute approximate surface area is 119 Å². The highest BCUT2D eigenvalue weighted by Gasteiger charge is 2.37. The molecule has 1 aromatic carbocycles. The van der Waals surface area contributed by atoms with Crippen molar-refractivity contribution in [3.8, 4) is 0 Å². The molecule has 1 aliphatic rings. The zero-order valence-corrected chi connectivity index (χ0v) is 12.1. The van der Waals surface area contributed by atoms with Gasteiger partial charge in [-0.05, 0) is 31.9 Å². The predicted molar refractivity (Wildman–Crippen MR) is 80.9 cm³/mol. The van der Waals surface area contributed by atoms with E-state index < -0.39 is 0 Å².